The Hall–Kier alpha value is -1.58. The van der Waals surface area contributed by atoms with Crippen molar-refractivity contribution in [2.75, 3.05) is 17.2 Å². The third kappa shape index (κ3) is 2.09. The summed E-state index contributed by atoms with van der Waals surface area (Å²) < 4.78 is 0. The van der Waals surface area contributed by atoms with Crippen molar-refractivity contribution in [1.82, 2.24) is 4.98 Å². The van der Waals surface area contributed by atoms with Crippen LogP contribution in [0.15, 0.2) is 18.3 Å². The molecule has 80 valence electrons. The minimum atomic E-state index is 0.190. The van der Waals surface area contributed by atoms with Crippen LogP contribution in [0.25, 0.3) is 0 Å². The Labute approximate surface area is 89.1 Å². The quantitative estimate of drug-likeness (QED) is 0.812. The van der Waals surface area contributed by atoms with Crippen molar-refractivity contribution in [2.45, 2.75) is 19.8 Å². The molecule has 0 saturated heterocycles. The lowest BCUT2D eigenvalue weighted by molar-refractivity contribution is -0.119. The molecule has 4 heteroatoms. The lowest BCUT2D eigenvalue weighted by Gasteiger charge is -2.19. The van der Waals surface area contributed by atoms with Crippen LogP contribution in [0.3, 0.4) is 0 Å². The van der Waals surface area contributed by atoms with E-state index in [0.29, 0.717) is 18.1 Å². The molecule has 0 atom stereocenters. The lowest BCUT2D eigenvalue weighted by atomic mass is 10.3. The van der Waals surface area contributed by atoms with E-state index in [1.165, 1.54) is 0 Å². The van der Waals surface area contributed by atoms with E-state index in [-0.39, 0.29) is 11.8 Å². The monoisotopic (exact) mass is 205 g/mol. The Morgan fingerprint density at radius 2 is 2.33 bits per heavy atom. The summed E-state index contributed by atoms with van der Waals surface area (Å²) >= 11 is 0. The van der Waals surface area contributed by atoms with Gasteiger partial charge in [0.15, 0.2) is 0 Å². The van der Waals surface area contributed by atoms with Crippen molar-refractivity contribution >= 4 is 17.4 Å². The van der Waals surface area contributed by atoms with Gasteiger partial charge in [-0.1, -0.05) is 0 Å². The van der Waals surface area contributed by atoms with E-state index in [2.05, 4.69) is 4.98 Å². The maximum absolute atomic E-state index is 11.9. The molecule has 1 saturated carbocycles. The van der Waals surface area contributed by atoms with E-state index in [4.69, 9.17) is 5.73 Å². The van der Waals surface area contributed by atoms with Crippen LogP contribution in [-0.2, 0) is 4.79 Å². The van der Waals surface area contributed by atoms with Crippen LogP contribution < -0.4 is 10.6 Å². The molecule has 1 aliphatic rings. The number of hydrogen-bond donors (Lipinski definition) is 1. The third-order valence-corrected chi connectivity index (χ3v) is 2.56. The number of nitrogens with two attached hydrogens (primary N) is 1. The molecule has 4 nitrogen and oxygen atoms in total. The predicted molar refractivity (Wildman–Crippen MR) is 59.4 cm³/mol. The SMILES string of the molecule is CCN(C(=O)C1CC1)c1ccc(N)cn1. The zero-order valence-corrected chi connectivity index (χ0v) is 8.81. The molecule has 1 aromatic heterocycles. The van der Waals surface area contributed by atoms with Gasteiger partial charge in [0, 0.05) is 12.5 Å². The molecule has 2 N–H and O–H groups in total. The number of nitrogen functional groups attached to an aromatic ring is 1. The van der Waals surface area contributed by atoms with Crippen LogP contribution >= 0.6 is 0 Å². The summed E-state index contributed by atoms with van der Waals surface area (Å²) in [7, 11) is 0. The Bertz CT molecular complexity index is 357. The van der Waals surface area contributed by atoms with Gasteiger partial charge in [-0.05, 0) is 31.9 Å². The first-order valence-electron chi connectivity index (χ1n) is 5.25. The zero-order valence-electron chi connectivity index (χ0n) is 8.81. The van der Waals surface area contributed by atoms with E-state index < -0.39 is 0 Å². The second kappa shape index (κ2) is 3.88. The smallest absolute Gasteiger partial charge is 0.231 e. The maximum Gasteiger partial charge on any atom is 0.231 e. The molecule has 1 fully saturated rings. The average Bonchev–Trinajstić information content (AvgIpc) is 3.05. The summed E-state index contributed by atoms with van der Waals surface area (Å²) in [6, 6.07) is 3.56. The summed E-state index contributed by atoms with van der Waals surface area (Å²) in [4.78, 5) is 17.8. The number of aromatic nitrogens is 1. The first-order valence-corrected chi connectivity index (χ1v) is 5.25. The van der Waals surface area contributed by atoms with Gasteiger partial charge in [-0.2, -0.15) is 0 Å². The lowest BCUT2D eigenvalue weighted by Crippen LogP contribution is -2.32. The van der Waals surface area contributed by atoms with Gasteiger partial charge in [0.25, 0.3) is 0 Å². The molecule has 0 unspecified atom stereocenters. The summed E-state index contributed by atoms with van der Waals surface area (Å²) in [5, 5.41) is 0. The summed E-state index contributed by atoms with van der Waals surface area (Å²) in [5.74, 6) is 1.11. The van der Waals surface area contributed by atoms with Gasteiger partial charge in [-0.15, -0.1) is 0 Å². The minimum Gasteiger partial charge on any atom is -0.397 e. The van der Waals surface area contributed by atoms with E-state index in [1.807, 2.05) is 6.92 Å². The predicted octanol–water partition coefficient (Wildman–Crippen LogP) is 1.43. The van der Waals surface area contributed by atoms with Crippen LogP contribution in [0.4, 0.5) is 11.5 Å². The Balaban J connectivity index is 2.18. The van der Waals surface area contributed by atoms with Crippen molar-refractivity contribution in [3.63, 3.8) is 0 Å². The maximum atomic E-state index is 11.9. The van der Waals surface area contributed by atoms with Gasteiger partial charge in [0.05, 0.1) is 11.9 Å². The van der Waals surface area contributed by atoms with Crippen LogP contribution in [0.5, 0.6) is 0 Å². The second-order valence-electron chi connectivity index (χ2n) is 3.81. The molecule has 0 radical (unpaired) electrons. The Kier molecular flexibility index (Phi) is 2.58. The number of carbonyl (C=O) groups excluding carboxylic acids is 1. The largest absolute Gasteiger partial charge is 0.397 e. The van der Waals surface area contributed by atoms with Gasteiger partial charge in [-0.3, -0.25) is 9.69 Å². The number of hydrogen-bond acceptors (Lipinski definition) is 3. The second-order valence-corrected chi connectivity index (χ2v) is 3.81. The van der Waals surface area contributed by atoms with Crippen molar-refractivity contribution in [2.24, 2.45) is 5.92 Å². The molecule has 15 heavy (non-hydrogen) atoms. The number of nitrogens with zero attached hydrogens (tertiary/aromatic N) is 2. The molecule has 2 rings (SSSR count). The summed E-state index contributed by atoms with van der Waals surface area (Å²) in [6.45, 7) is 2.62. The fourth-order valence-electron chi connectivity index (χ4n) is 1.54. The minimum absolute atomic E-state index is 0.190. The standard InChI is InChI=1S/C11H15N3O/c1-2-14(11(15)8-3-4-8)10-6-5-9(12)7-13-10/h5-8H,2-4,12H2,1H3. The van der Waals surface area contributed by atoms with E-state index in [9.17, 15) is 4.79 Å². The molecule has 0 aliphatic heterocycles. The summed E-state index contributed by atoms with van der Waals surface area (Å²) in [6.07, 6.45) is 3.62. The number of pyridine rings is 1. The highest BCUT2D eigenvalue weighted by Crippen LogP contribution is 2.32. The summed E-state index contributed by atoms with van der Waals surface area (Å²) in [5.41, 5.74) is 6.17. The zero-order chi connectivity index (χ0) is 10.8. The third-order valence-electron chi connectivity index (χ3n) is 2.56. The van der Waals surface area contributed by atoms with Gasteiger partial charge < -0.3 is 5.73 Å². The highest BCUT2D eigenvalue weighted by molar-refractivity contribution is 5.95. The van der Waals surface area contributed by atoms with E-state index in [0.717, 1.165) is 12.8 Å². The molecule has 0 aromatic carbocycles. The molecule has 1 aliphatic carbocycles. The fourth-order valence-corrected chi connectivity index (χ4v) is 1.54. The molecule has 1 aromatic rings. The fraction of sp³-hybridized carbons (Fsp3) is 0.455. The van der Waals surface area contributed by atoms with Gasteiger partial charge in [0.2, 0.25) is 5.91 Å². The highest BCUT2D eigenvalue weighted by Gasteiger charge is 2.33. The molecule has 1 heterocycles. The molecule has 1 amide bonds. The number of carbonyl (C=O) groups is 1. The normalized spacial score (nSPS) is 15.0. The van der Waals surface area contributed by atoms with E-state index >= 15 is 0 Å². The average molecular weight is 205 g/mol. The first kappa shape index (κ1) is 9.96. The number of anilines is 2. The molecule has 0 spiro atoms. The van der Waals surface area contributed by atoms with Crippen LogP contribution in [0, 0.1) is 5.92 Å². The Morgan fingerprint density at radius 1 is 1.60 bits per heavy atom. The van der Waals surface area contributed by atoms with E-state index in [1.54, 1.807) is 23.2 Å². The first-order chi connectivity index (χ1) is 7.22. The van der Waals surface area contributed by atoms with Gasteiger partial charge >= 0.3 is 0 Å². The molecular weight excluding hydrogens is 190 g/mol. The number of amides is 1. The van der Waals surface area contributed by atoms with Crippen molar-refractivity contribution < 1.29 is 4.79 Å². The van der Waals surface area contributed by atoms with Gasteiger partial charge in [-0.25, -0.2) is 4.98 Å². The number of rotatable bonds is 3. The molecule has 0 bridgehead atoms. The topological polar surface area (TPSA) is 59.2 Å². The van der Waals surface area contributed by atoms with Crippen molar-refractivity contribution in [3.8, 4) is 0 Å². The van der Waals surface area contributed by atoms with Crippen molar-refractivity contribution in [1.29, 1.82) is 0 Å². The molecular formula is C11H15N3O. The van der Waals surface area contributed by atoms with Crippen LogP contribution in [-0.4, -0.2) is 17.4 Å². The Morgan fingerprint density at radius 3 is 2.80 bits per heavy atom. The van der Waals surface area contributed by atoms with Crippen LogP contribution in [0.1, 0.15) is 19.8 Å². The van der Waals surface area contributed by atoms with Gasteiger partial charge in [0.1, 0.15) is 5.82 Å². The highest BCUT2D eigenvalue weighted by atomic mass is 16.2. The van der Waals surface area contributed by atoms with Crippen LogP contribution in [0.2, 0.25) is 0 Å². The van der Waals surface area contributed by atoms with Crippen molar-refractivity contribution in [3.05, 3.63) is 18.3 Å².